The molecule has 0 saturated carbocycles. The number of hydrogen-bond acceptors (Lipinski definition) is 5. The second kappa shape index (κ2) is 11.1. The molecule has 1 N–H and O–H groups in total. The third kappa shape index (κ3) is 5.65. The Morgan fingerprint density at radius 1 is 1.03 bits per heavy atom. The summed E-state index contributed by atoms with van der Waals surface area (Å²) in [5.41, 5.74) is 5.55. The van der Waals surface area contributed by atoms with Gasteiger partial charge in [0.15, 0.2) is 11.0 Å². The third-order valence-corrected chi connectivity index (χ3v) is 7.27. The molecule has 0 aliphatic rings. The van der Waals surface area contributed by atoms with Gasteiger partial charge in [-0.05, 0) is 46.7 Å². The summed E-state index contributed by atoms with van der Waals surface area (Å²) in [7, 11) is 0. The molecule has 0 bridgehead atoms. The number of nitrogens with zero attached hydrogens (tertiary/aromatic N) is 4. The Morgan fingerprint density at radius 3 is 2.32 bits per heavy atom. The summed E-state index contributed by atoms with van der Waals surface area (Å²) < 4.78 is 2.97. The van der Waals surface area contributed by atoms with Crippen LogP contribution < -0.4 is 5.43 Å². The summed E-state index contributed by atoms with van der Waals surface area (Å²) in [6, 6.07) is 26.4. The Kier molecular flexibility index (Phi) is 7.48. The zero-order chi connectivity index (χ0) is 25.8. The topological polar surface area (TPSA) is 72.2 Å². The number of allylic oxidation sites excluding steroid dienone is 1. The highest BCUT2D eigenvalue weighted by Gasteiger charge is 2.16. The van der Waals surface area contributed by atoms with Crippen LogP contribution in [0.15, 0.2) is 106 Å². The number of benzene rings is 4. The Labute approximate surface area is 227 Å². The average molecular weight is 571 g/mol. The molecular formula is C29H24BrN5OS. The lowest BCUT2D eigenvalue weighted by molar-refractivity contribution is -0.118. The van der Waals surface area contributed by atoms with Crippen LogP contribution in [0.25, 0.3) is 32.9 Å². The molecule has 0 spiro atoms. The van der Waals surface area contributed by atoms with Crippen molar-refractivity contribution >= 4 is 61.4 Å². The van der Waals surface area contributed by atoms with Gasteiger partial charge in [-0.2, -0.15) is 5.10 Å². The van der Waals surface area contributed by atoms with Crippen molar-refractivity contribution in [2.45, 2.75) is 18.6 Å². The van der Waals surface area contributed by atoms with Crippen molar-refractivity contribution in [2.75, 3.05) is 5.75 Å². The van der Waals surface area contributed by atoms with E-state index in [1.165, 1.54) is 11.8 Å². The van der Waals surface area contributed by atoms with Gasteiger partial charge in [-0.1, -0.05) is 101 Å². The van der Waals surface area contributed by atoms with E-state index in [1.54, 1.807) is 6.21 Å². The fraction of sp³-hybridized carbons (Fsp3) is 0.103. The largest absolute Gasteiger partial charge is 0.298 e. The van der Waals surface area contributed by atoms with Gasteiger partial charge in [0, 0.05) is 22.1 Å². The smallest absolute Gasteiger partial charge is 0.250 e. The molecule has 37 heavy (non-hydrogen) atoms. The van der Waals surface area contributed by atoms with Crippen molar-refractivity contribution in [2.24, 2.45) is 5.10 Å². The number of hydrazone groups is 1. The maximum absolute atomic E-state index is 12.7. The Morgan fingerprint density at radius 2 is 1.68 bits per heavy atom. The minimum atomic E-state index is -0.221. The standard InChI is InChI=1S/C29H24BrN5OS/c1-19(2)17-35-28(20-11-13-23(30)14-12-20)33-34-29(35)37-18-27(36)32-31-16-26-24-9-5-3-7-21(24)15-22-8-4-6-10-25(22)26/h3-16H,1,17-18H2,2H3,(H,32,36)/b31-16+. The normalized spacial score (nSPS) is 11.4. The maximum Gasteiger partial charge on any atom is 0.250 e. The van der Waals surface area contributed by atoms with Crippen LogP contribution in [0.4, 0.5) is 0 Å². The molecule has 1 aromatic heterocycles. The highest BCUT2D eigenvalue weighted by Crippen LogP contribution is 2.28. The number of carbonyl (C=O) groups is 1. The van der Waals surface area contributed by atoms with Crippen LogP contribution in [0.1, 0.15) is 12.5 Å². The number of aromatic nitrogens is 3. The Hall–Kier alpha value is -3.75. The van der Waals surface area contributed by atoms with E-state index in [2.05, 4.69) is 73.6 Å². The molecule has 5 aromatic rings. The quantitative estimate of drug-likeness (QED) is 0.0730. The molecule has 5 rings (SSSR count). The van der Waals surface area contributed by atoms with Crippen LogP contribution in [0, 0.1) is 0 Å². The first kappa shape index (κ1) is 24.9. The maximum atomic E-state index is 12.7. The number of carbonyl (C=O) groups excluding carboxylic acids is 1. The van der Waals surface area contributed by atoms with Crippen molar-refractivity contribution in [1.82, 2.24) is 20.2 Å². The first-order chi connectivity index (χ1) is 18.0. The highest BCUT2D eigenvalue weighted by molar-refractivity contribution is 9.10. The minimum Gasteiger partial charge on any atom is -0.298 e. The number of fused-ring (bicyclic) bond motifs is 2. The van der Waals surface area contributed by atoms with E-state index >= 15 is 0 Å². The molecule has 8 heteroatoms. The molecule has 0 saturated heterocycles. The lowest BCUT2D eigenvalue weighted by Gasteiger charge is -2.10. The molecule has 6 nitrogen and oxygen atoms in total. The zero-order valence-corrected chi connectivity index (χ0v) is 22.6. The van der Waals surface area contributed by atoms with Gasteiger partial charge in [0.2, 0.25) is 0 Å². The van der Waals surface area contributed by atoms with Gasteiger partial charge in [0.05, 0.1) is 12.0 Å². The predicted molar refractivity (Wildman–Crippen MR) is 156 cm³/mol. The van der Waals surface area contributed by atoms with Crippen molar-refractivity contribution in [3.63, 3.8) is 0 Å². The zero-order valence-electron chi connectivity index (χ0n) is 20.2. The van der Waals surface area contributed by atoms with E-state index in [-0.39, 0.29) is 11.7 Å². The second-order valence-corrected chi connectivity index (χ2v) is 10.5. The third-order valence-electron chi connectivity index (χ3n) is 5.78. The van der Waals surface area contributed by atoms with E-state index in [0.29, 0.717) is 11.7 Å². The van der Waals surface area contributed by atoms with E-state index in [0.717, 1.165) is 48.5 Å². The van der Waals surface area contributed by atoms with E-state index in [1.807, 2.05) is 60.0 Å². The first-order valence-electron chi connectivity index (χ1n) is 11.7. The number of amides is 1. The molecule has 0 radical (unpaired) electrons. The molecule has 0 aliphatic carbocycles. The number of rotatable bonds is 8. The van der Waals surface area contributed by atoms with Gasteiger partial charge >= 0.3 is 0 Å². The molecule has 0 atom stereocenters. The first-order valence-corrected chi connectivity index (χ1v) is 13.5. The van der Waals surface area contributed by atoms with Crippen LogP contribution in [0.3, 0.4) is 0 Å². The van der Waals surface area contributed by atoms with E-state index in [9.17, 15) is 4.79 Å². The molecule has 1 amide bonds. The van der Waals surface area contributed by atoms with Crippen LogP contribution >= 0.6 is 27.7 Å². The predicted octanol–water partition coefficient (Wildman–Crippen LogP) is 6.83. The molecule has 4 aromatic carbocycles. The number of hydrogen-bond donors (Lipinski definition) is 1. The summed E-state index contributed by atoms with van der Waals surface area (Å²) in [6.45, 7) is 6.56. The van der Waals surface area contributed by atoms with Crippen molar-refractivity contribution in [3.8, 4) is 11.4 Å². The summed E-state index contributed by atoms with van der Waals surface area (Å²) in [4.78, 5) is 12.7. The van der Waals surface area contributed by atoms with Gasteiger partial charge in [-0.15, -0.1) is 10.2 Å². The summed E-state index contributed by atoms with van der Waals surface area (Å²) in [5.74, 6) is 0.669. The van der Waals surface area contributed by atoms with Crippen LogP contribution in [-0.4, -0.2) is 32.6 Å². The van der Waals surface area contributed by atoms with Crippen molar-refractivity contribution in [1.29, 1.82) is 0 Å². The molecular weight excluding hydrogens is 546 g/mol. The lowest BCUT2D eigenvalue weighted by atomic mass is 9.97. The number of halogens is 1. The fourth-order valence-electron chi connectivity index (χ4n) is 4.14. The Balaban J connectivity index is 1.32. The van der Waals surface area contributed by atoms with Crippen LogP contribution in [0.5, 0.6) is 0 Å². The van der Waals surface area contributed by atoms with E-state index < -0.39 is 0 Å². The van der Waals surface area contributed by atoms with Crippen molar-refractivity contribution < 1.29 is 4.79 Å². The van der Waals surface area contributed by atoms with Crippen molar-refractivity contribution in [3.05, 3.63) is 101 Å². The molecule has 0 unspecified atom stereocenters. The molecule has 0 fully saturated rings. The molecule has 184 valence electrons. The second-order valence-electron chi connectivity index (χ2n) is 8.67. The van der Waals surface area contributed by atoms with Crippen LogP contribution in [0.2, 0.25) is 0 Å². The lowest BCUT2D eigenvalue weighted by Crippen LogP contribution is -2.20. The monoisotopic (exact) mass is 569 g/mol. The molecule has 1 heterocycles. The average Bonchev–Trinajstić information content (AvgIpc) is 3.29. The van der Waals surface area contributed by atoms with Gasteiger partial charge in [-0.3, -0.25) is 9.36 Å². The fourth-order valence-corrected chi connectivity index (χ4v) is 5.13. The van der Waals surface area contributed by atoms with E-state index in [4.69, 9.17) is 0 Å². The number of thioether (sulfide) groups is 1. The summed E-state index contributed by atoms with van der Waals surface area (Å²) in [5, 5.41) is 18.1. The van der Waals surface area contributed by atoms with Gasteiger partial charge in [0.1, 0.15) is 0 Å². The highest BCUT2D eigenvalue weighted by atomic mass is 79.9. The summed E-state index contributed by atoms with van der Waals surface area (Å²) in [6.07, 6.45) is 1.72. The van der Waals surface area contributed by atoms with Crippen LogP contribution in [-0.2, 0) is 11.3 Å². The Bertz CT molecular complexity index is 1590. The number of nitrogens with one attached hydrogen (secondary N) is 1. The minimum absolute atomic E-state index is 0.155. The summed E-state index contributed by atoms with van der Waals surface area (Å²) >= 11 is 4.79. The van der Waals surface area contributed by atoms with Gasteiger partial charge < -0.3 is 0 Å². The molecule has 0 aliphatic heterocycles. The SMILES string of the molecule is C=C(C)Cn1c(SCC(=O)N/N=C/c2c3ccccc3cc3ccccc23)nnc1-c1ccc(Br)cc1. The van der Waals surface area contributed by atoms with Gasteiger partial charge in [-0.25, -0.2) is 5.43 Å². The van der Waals surface area contributed by atoms with Gasteiger partial charge in [0.25, 0.3) is 5.91 Å².